The Morgan fingerprint density at radius 3 is 2.32 bits per heavy atom. The summed E-state index contributed by atoms with van der Waals surface area (Å²) in [5, 5.41) is 9.08. The van der Waals surface area contributed by atoms with E-state index in [-0.39, 0.29) is 16.3 Å². The van der Waals surface area contributed by atoms with E-state index >= 15 is 0 Å². The van der Waals surface area contributed by atoms with Crippen molar-refractivity contribution in [2.24, 2.45) is 0 Å². The van der Waals surface area contributed by atoms with Crippen molar-refractivity contribution < 1.29 is 12.8 Å². The quantitative estimate of drug-likeness (QED) is 0.870. The van der Waals surface area contributed by atoms with Crippen LogP contribution in [0.1, 0.15) is 24.1 Å². The van der Waals surface area contributed by atoms with Crippen molar-refractivity contribution in [3.05, 3.63) is 65.5 Å². The van der Waals surface area contributed by atoms with Gasteiger partial charge in [-0.15, -0.1) is 0 Å². The van der Waals surface area contributed by atoms with E-state index in [2.05, 4.69) is 0 Å². The number of hydrogen-bond acceptors (Lipinski definition) is 3. The average Bonchev–Trinajstić information content (AvgIpc) is 2.54. The Bertz CT molecular complexity index is 811. The highest BCUT2D eigenvalue weighted by atomic mass is 32.2. The van der Waals surface area contributed by atoms with Gasteiger partial charge in [-0.1, -0.05) is 24.3 Å². The zero-order chi connectivity index (χ0) is 16.3. The van der Waals surface area contributed by atoms with Gasteiger partial charge in [0, 0.05) is 13.1 Å². The monoisotopic (exact) mass is 318 g/mol. The minimum atomic E-state index is -3.82. The summed E-state index contributed by atoms with van der Waals surface area (Å²) in [6.07, 6.45) is 0. The molecular weight excluding hydrogens is 303 g/mol. The summed E-state index contributed by atoms with van der Waals surface area (Å²) in [4.78, 5) is -0.0334. The Kier molecular flexibility index (Phi) is 4.59. The van der Waals surface area contributed by atoms with Gasteiger partial charge in [0.2, 0.25) is 10.0 Å². The first kappa shape index (κ1) is 16.1. The van der Waals surface area contributed by atoms with Crippen LogP contribution in [0.15, 0.2) is 53.4 Å². The first-order valence-corrected chi connectivity index (χ1v) is 8.04. The number of nitriles is 1. The van der Waals surface area contributed by atoms with Crippen LogP contribution in [0.2, 0.25) is 0 Å². The van der Waals surface area contributed by atoms with Crippen LogP contribution in [-0.2, 0) is 10.0 Å². The molecule has 4 nitrogen and oxygen atoms in total. The second-order valence-electron chi connectivity index (χ2n) is 4.86. The van der Waals surface area contributed by atoms with Crippen LogP contribution < -0.4 is 0 Å². The van der Waals surface area contributed by atoms with Gasteiger partial charge in [0.05, 0.1) is 10.5 Å². The van der Waals surface area contributed by atoms with E-state index in [4.69, 9.17) is 5.26 Å². The first-order chi connectivity index (χ1) is 10.4. The Labute approximate surface area is 129 Å². The lowest BCUT2D eigenvalue weighted by molar-refractivity contribution is 0.398. The number of halogens is 1. The molecule has 22 heavy (non-hydrogen) atoms. The maximum atomic E-state index is 13.0. The third-order valence-corrected chi connectivity index (χ3v) is 5.55. The molecule has 114 valence electrons. The van der Waals surface area contributed by atoms with Crippen LogP contribution in [-0.4, -0.2) is 19.8 Å². The molecule has 2 aromatic carbocycles. The molecule has 0 unspecified atom stereocenters. The van der Waals surface area contributed by atoms with Crippen LogP contribution in [0.5, 0.6) is 0 Å². The fraction of sp³-hybridized carbons (Fsp3) is 0.188. The van der Waals surface area contributed by atoms with Crippen LogP contribution in [0.25, 0.3) is 0 Å². The molecule has 0 aliphatic rings. The summed E-state index contributed by atoms with van der Waals surface area (Å²) in [7, 11) is -2.38. The maximum Gasteiger partial charge on any atom is 0.244 e. The van der Waals surface area contributed by atoms with Gasteiger partial charge in [0.1, 0.15) is 11.9 Å². The Hall–Kier alpha value is -2.23. The molecule has 0 saturated heterocycles. The minimum absolute atomic E-state index is 0.0334. The standard InChI is InChI=1S/C16H15FN2O2S/c1-12(13-7-9-15(17)10-8-13)19(2)22(20,21)16-6-4-3-5-14(16)11-18/h3-10,12H,1-2H3/t12-/m1/s1. The average molecular weight is 318 g/mol. The lowest BCUT2D eigenvalue weighted by Gasteiger charge is -2.25. The Morgan fingerprint density at radius 2 is 1.73 bits per heavy atom. The maximum absolute atomic E-state index is 13.0. The highest BCUT2D eigenvalue weighted by molar-refractivity contribution is 7.89. The highest BCUT2D eigenvalue weighted by Crippen LogP contribution is 2.27. The van der Waals surface area contributed by atoms with Crippen molar-refractivity contribution in [1.82, 2.24) is 4.31 Å². The van der Waals surface area contributed by atoms with Crippen LogP contribution in [0, 0.1) is 17.1 Å². The molecule has 0 bridgehead atoms. The van der Waals surface area contributed by atoms with E-state index in [1.807, 2.05) is 6.07 Å². The molecular formula is C16H15FN2O2S. The van der Waals surface area contributed by atoms with E-state index in [1.54, 1.807) is 31.2 Å². The fourth-order valence-electron chi connectivity index (χ4n) is 2.10. The normalized spacial score (nSPS) is 12.9. The van der Waals surface area contributed by atoms with Crippen molar-refractivity contribution in [3.63, 3.8) is 0 Å². The molecule has 0 N–H and O–H groups in total. The predicted octanol–water partition coefficient (Wildman–Crippen LogP) is 3.08. The Balaban J connectivity index is 2.41. The van der Waals surface area contributed by atoms with E-state index in [0.717, 1.165) is 0 Å². The lowest BCUT2D eigenvalue weighted by atomic mass is 10.1. The van der Waals surface area contributed by atoms with Gasteiger partial charge in [0.25, 0.3) is 0 Å². The second-order valence-corrected chi connectivity index (χ2v) is 6.82. The molecule has 0 heterocycles. The number of benzene rings is 2. The zero-order valence-electron chi connectivity index (χ0n) is 12.2. The number of hydrogen-bond donors (Lipinski definition) is 0. The zero-order valence-corrected chi connectivity index (χ0v) is 13.0. The van der Waals surface area contributed by atoms with E-state index < -0.39 is 16.1 Å². The third-order valence-electron chi connectivity index (χ3n) is 3.56. The molecule has 1 atom stereocenters. The number of nitrogens with zero attached hydrogens (tertiary/aromatic N) is 2. The highest BCUT2D eigenvalue weighted by Gasteiger charge is 2.28. The van der Waals surface area contributed by atoms with Crippen molar-refractivity contribution in [2.45, 2.75) is 17.9 Å². The molecule has 2 rings (SSSR count). The molecule has 0 aliphatic carbocycles. The van der Waals surface area contributed by atoms with Crippen molar-refractivity contribution in [3.8, 4) is 6.07 Å². The van der Waals surface area contributed by atoms with Crippen LogP contribution >= 0.6 is 0 Å². The molecule has 0 amide bonds. The molecule has 6 heteroatoms. The third kappa shape index (κ3) is 3.01. The Morgan fingerprint density at radius 1 is 1.14 bits per heavy atom. The molecule has 0 saturated carbocycles. The van der Waals surface area contributed by atoms with Crippen molar-refractivity contribution >= 4 is 10.0 Å². The predicted molar refractivity (Wildman–Crippen MR) is 80.9 cm³/mol. The smallest absolute Gasteiger partial charge is 0.207 e. The van der Waals surface area contributed by atoms with E-state index in [0.29, 0.717) is 5.56 Å². The molecule has 0 aromatic heterocycles. The molecule has 0 fully saturated rings. The summed E-state index contributed by atoms with van der Waals surface area (Å²) >= 11 is 0. The van der Waals surface area contributed by atoms with Gasteiger partial charge in [-0.25, -0.2) is 12.8 Å². The van der Waals surface area contributed by atoms with Gasteiger partial charge in [-0.05, 0) is 36.8 Å². The van der Waals surface area contributed by atoms with E-state index in [1.165, 1.54) is 35.6 Å². The van der Waals surface area contributed by atoms with Crippen molar-refractivity contribution in [1.29, 1.82) is 5.26 Å². The summed E-state index contributed by atoms with van der Waals surface area (Å²) in [5.74, 6) is -0.378. The largest absolute Gasteiger partial charge is 0.244 e. The molecule has 0 aliphatic heterocycles. The van der Waals surface area contributed by atoms with Crippen LogP contribution in [0.4, 0.5) is 4.39 Å². The van der Waals surface area contributed by atoms with Gasteiger partial charge in [0.15, 0.2) is 0 Å². The summed E-state index contributed by atoms with van der Waals surface area (Å²) in [6, 6.07) is 13.1. The minimum Gasteiger partial charge on any atom is -0.207 e. The van der Waals surface area contributed by atoms with Gasteiger partial charge in [-0.2, -0.15) is 9.57 Å². The first-order valence-electron chi connectivity index (χ1n) is 6.60. The van der Waals surface area contributed by atoms with Crippen LogP contribution in [0.3, 0.4) is 0 Å². The molecule has 2 aromatic rings. The SMILES string of the molecule is C[C@H](c1ccc(F)cc1)N(C)S(=O)(=O)c1ccccc1C#N. The van der Waals surface area contributed by atoms with Crippen molar-refractivity contribution in [2.75, 3.05) is 7.05 Å². The topological polar surface area (TPSA) is 61.2 Å². The number of sulfonamides is 1. The van der Waals surface area contributed by atoms with Gasteiger partial charge in [-0.3, -0.25) is 0 Å². The molecule has 0 spiro atoms. The fourth-order valence-corrected chi connectivity index (χ4v) is 3.59. The second kappa shape index (κ2) is 6.26. The molecule has 0 radical (unpaired) electrons. The summed E-state index contributed by atoms with van der Waals surface area (Å²) in [6.45, 7) is 1.71. The summed E-state index contributed by atoms with van der Waals surface area (Å²) < 4.78 is 39.5. The number of rotatable bonds is 4. The summed E-state index contributed by atoms with van der Waals surface area (Å²) in [5.41, 5.74) is 0.766. The van der Waals surface area contributed by atoms with E-state index in [9.17, 15) is 12.8 Å². The van der Waals surface area contributed by atoms with Gasteiger partial charge >= 0.3 is 0 Å². The lowest BCUT2D eigenvalue weighted by Crippen LogP contribution is -2.30. The van der Waals surface area contributed by atoms with Gasteiger partial charge < -0.3 is 0 Å².